The van der Waals surface area contributed by atoms with Crippen LogP contribution < -0.4 is 20.4 Å². The highest BCUT2D eigenvalue weighted by Crippen LogP contribution is 2.39. The number of carbonyl (C=O) groups is 3. The molecule has 1 aliphatic carbocycles. The third kappa shape index (κ3) is 6.17. The van der Waals surface area contributed by atoms with Crippen LogP contribution in [0.15, 0.2) is 60.8 Å². The molecule has 222 valence electrons. The molecule has 2 heterocycles. The van der Waals surface area contributed by atoms with Gasteiger partial charge in [-0.3, -0.25) is 24.2 Å². The van der Waals surface area contributed by atoms with Crippen LogP contribution in [0.25, 0.3) is 0 Å². The van der Waals surface area contributed by atoms with E-state index in [-0.39, 0.29) is 24.5 Å². The fraction of sp³-hybridized carbons (Fsp3) is 0.276. The third-order valence-electron chi connectivity index (χ3n) is 7.11. The van der Waals surface area contributed by atoms with Crippen LogP contribution in [0.2, 0.25) is 0 Å². The summed E-state index contributed by atoms with van der Waals surface area (Å²) in [6.45, 7) is -0.457. The minimum absolute atomic E-state index is 0.0853. The van der Waals surface area contributed by atoms with Gasteiger partial charge in [0.15, 0.2) is 0 Å². The molecule has 1 saturated carbocycles. The van der Waals surface area contributed by atoms with E-state index >= 15 is 4.39 Å². The van der Waals surface area contributed by atoms with E-state index in [1.54, 1.807) is 0 Å². The summed E-state index contributed by atoms with van der Waals surface area (Å²) < 4.78 is 71.5. The first-order chi connectivity index (χ1) is 20.5. The number of anilines is 2. The number of nitrogens with one attached hydrogen (secondary N) is 2. The van der Waals surface area contributed by atoms with Crippen molar-refractivity contribution in [2.24, 2.45) is 0 Å². The van der Waals surface area contributed by atoms with Gasteiger partial charge in [0.1, 0.15) is 35.4 Å². The summed E-state index contributed by atoms with van der Waals surface area (Å²) >= 11 is 0. The fourth-order valence-electron chi connectivity index (χ4n) is 5.15. The van der Waals surface area contributed by atoms with Gasteiger partial charge in [0, 0.05) is 43.3 Å². The van der Waals surface area contributed by atoms with Gasteiger partial charge in [-0.05, 0) is 30.3 Å². The van der Waals surface area contributed by atoms with Crippen LogP contribution in [0, 0.1) is 28.8 Å². The van der Waals surface area contributed by atoms with E-state index in [9.17, 15) is 37.2 Å². The lowest BCUT2D eigenvalue weighted by molar-refractivity contribution is -0.133. The Kier molecular flexibility index (Phi) is 8.10. The lowest BCUT2D eigenvalue weighted by atomic mass is 9.87. The molecule has 1 aliphatic heterocycles. The molecule has 1 aromatic heterocycles. The first kappa shape index (κ1) is 29.6. The molecule has 2 aliphatic rings. The summed E-state index contributed by atoms with van der Waals surface area (Å²) in [5.74, 6) is -9.14. The molecule has 1 saturated heterocycles. The highest BCUT2D eigenvalue weighted by Gasteiger charge is 2.48. The number of hydrogen-bond donors (Lipinski definition) is 2. The van der Waals surface area contributed by atoms with E-state index in [4.69, 9.17) is 0 Å². The van der Waals surface area contributed by atoms with Crippen LogP contribution in [-0.2, 0) is 14.4 Å². The monoisotopic (exact) mass is 598 g/mol. The topological polar surface area (TPSA) is 118 Å². The number of halogens is 5. The molecule has 14 heteroatoms. The van der Waals surface area contributed by atoms with Gasteiger partial charge >= 0.3 is 0 Å². The quantitative estimate of drug-likeness (QED) is 0.403. The molecule has 0 bridgehead atoms. The molecule has 3 aromatic rings. The minimum Gasteiger partial charge on any atom is -0.351 e. The van der Waals surface area contributed by atoms with E-state index in [2.05, 4.69) is 15.6 Å². The largest absolute Gasteiger partial charge is 0.351 e. The Morgan fingerprint density at radius 1 is 1.09 bits per heavy atom. The first-order valence-corrected chi connectivity index (χ1v) is 13.1. The average molecular weight is 599 g/mol. The van der Waals surface area contributed by atoms with Gasteiger partial charge < -0.3 is 10.6 Å². The second-order valence-corrected chi connectivity index (χ2v) is 10.2. The van der Waals surface area contributed by atoms with Gasteiger partial charge in [0.2, 0.25) is 11.8 Å². The number of alkyl halides is 2. The molecule has 2 unspecified atom stereocenters. The van der Waals surface area contributed by atoms with Gasteiger partial charge in [-0.1, -0.05) is 18.2 Å². The molecule has 5 rings (SSSR count). The second kappa shape index (κ2) is 11.8. The summed E-state index contributed by atoms with van der Waals surface area (Å²) in [5.41, 5.74) is -0.774. The summed E-state index contributed by atoms with van der Waals surface area (Å²) in [5, 5.41) is 14.5. The van der Waals surface area contributed by atoms with Crippen LogP contribution in [0.4, 0.5) is 33.5 Å². The standard InChI is InChI=1S/C29H23F5N6O3/c30-17-8-18(31)10-20(9-17)39(26(21-3-1-2-4-22(21)32)27(42)38-19-11-29(33,34)12-19)28(43)23-14-36-15-25(41)40(23)24-7-16(13-35)5-6-37-24/h1-10,19,23,26,36H,11-12,14-15H2,(H,38,42). The second-order valence-electron chi connectivity index (χ2n) is 10.2. The Hall–Kier alpha value is -4.90. The summed E-state index contributed by atoms with van der Waals surface area (Å²) in [4.78, 5) is 47.0. The number of benzene rings is 2. The Morgan fingerprint density at radius 3 is 2.44 bits per heavy atom. The van der Waals surface area contributed by atoms with Crippen LogP contribution in [0.3, 0.4) is 0 Å². The van der Waals surface area contributed by atoms with Gasteiger partial charge in [0.25, 0.3) is 11.8 Å². The number of amides is 3. The molecular formula is C29H23F5N6O3. The number of aromatic nitrogens is 1. The van der Waals surface area contributed by atoms with Crippen molar-refractivity contribution in [2.45, 2.75) is 36.9 Å². The van der Waals surface area contributed by atoms with Crippen LogP contribution in [-0.4, -0.2) is 53.8 Å². The van der Waals surface area contributed by atoms with Gasteiger partial charge in [0.05, 0.1) is 23.9 Å². The smallest absolute Gasteiger partial charge is 0.252 e. The predicted octanol–water partition coefficient (Wildman–Crippen LogP) is 3.36. The number of carbonyl (C=O) groups excluding carboxylic acids is 3. The van der Waals surface area contributed by atoms with Crippen LogP contribution >= 0.6 is 0 Å². The maximum atomic E-state index is 15.3. The van der Waals surface area contributed by atoms with Crippen molar-refractivity contribution < 1.29 is 36.3 Å². The van der Waals surface area contributed by atoms with Crippen molar-refractivity contribution in [1.29, 1.82) is 5.26 Å². The van der Waals surface area contributed by atoms with Crippen molar-refractivity contribution in [3.63, 3.8) is 0 Å². The number of piperazine rings is 1. The zero-order valence-corrected chi connectivity index (χ0v) is 22.2. The molecule has 2 atom stereocenters. The number of pyridine rings is 1. The number of nitriles is 1. The summed E-state index contributed by atoms with van der Waals surface area (Å²) in [6.07, 6.45) is -0.142. The van der Waals surface area contributed by atoms with Crippen LogP contribution in [0.5, 0.6) is 0 Å². The number of hydrogen-bond acceptors (Lipinski definition) is 6. The van der Waals surface area contributed by atoms with Crippen molar-refractivity contribution in [3.05, 3.63) is 89.4 Å². The molecule has 3 amide bonds. The van der Waals surface area contributed by atoms with E-state index in [1.165, 1.54) is 36.5 Å². The Labute approximate surface area is 241 Å². The highest BCUT2D eigenvalue weighted by atomic mass is 19.3. The Morgan fingerprint density at radius 2 is 1.79 bits per heavy atom. The van der Waals surface area contributed by atoms with Crippen molar-refractivity contribution in [2.75, 3.05) is 22.9 Å². The van der Waals surface area contributed by atoms with E-state index in [0.29, 0.717) is 11.0 Å². The van der Waals surface area contributed by atoms with Gasteiger partial charge in [-0.15, -0.1) is 0 Å². The zero-order chi connectivity index (χ0) is 30.9. The molecule has 2 N–H and O–H groups in total. The maximum absolute atomic E-state index is 15.3. The Balaban J connectivity index is 1.65. The maximum Gasteiger partial charge on any atom is 0.252 e. The van der Waals surface area contributed by atoms with E-state index in [1.807, 2.05) is 6.07 Å². The zero-order valence-electron chi connectivity index (χ0n) is 22.2. The van der Waals surface area contributed by atoms with Crippen molar-refractivity contribution in [3.8, 4) is 6.07 Å². The molecule has 0 spiro atoms. The molecule has 43 heavy (non-hydrogen) atoms. The summed E-state index contributed by atoms with van der Waals surface area (Å²) in [7, 11) is 0. The third-order valence-corrected chi connectivity index (χ3v) is 7.11. The molecule has 2 aromatic carbocycles. The average Bonchev–Trinajstić information content (AvgIpc) is 2.94. The lowest BCUT2D eigenvalue weighted by Crippen LogP contribution is -2.63. The first-order valence-electron chi connectivity index (χ1n) is 13.1. The molecule has 9 nitrogen and oxygen atoms in total. The van der Waals surface area contributed by atoms with Crippen molar-refractivity contribution in [1.82, 2.24) is 15.6 Å². The van der Waals surface area contributed by atoms with Gasteiger partial charge in [-0.25, -0.2) is 26.9 Å². The molecule has 0 radical (unpaired) electrons. The molecule has 2 fully saturated rings. The minimum atomic E-state index is -3.02. The van der Waals surface area contributed by atoms with E-state index in [0.717, 1.165) is 23.1 Å². The Bertz CT molecular complexity index is 1600. The van der Waals surface area contributed by atoms with E-state index < -0.39 is 83.3 Å². The summed E-state index contributed by atoms with van der Waals surface area (Å²) in [6, 6.07) is 6.94. The normalized spacial score (nSPS) is 18.7. The molecular weight excluding hydrogens is 575 g/mol. The number of nitrogens with zero attached hydrogens (tertiary/aromatic N) is 4. The highest BCUT2D eigenvalue weighted by molar-refractivity contribution is 6.10. The van der Waals surface area contributed by atoms with Crippen LogP contribution in [0.1, 0.15) is 30.0 Å². The number of rotatable bonds is 7. The predicted molar refractivity (Wildman–Crippen MR) is 142 cm³/mol. The SMILES string of the molecule is N#Cc1ccnc(N2C(=O)CNCC2C(=O)N(c2cc(F)cc(F)c2)C(C(=O)NC2CC(F)(F)C2)c2ccccc2F)c1. The van der Waals surface area contributed by atoms with Gasteiger partial charge in [-0.2, -0.15) is 5.26 Å². The lowest BCUT2D eigenvalue weighted by Gasteiger charge is -2.41. The fourth-order valence-corrected chi connectivity index (χ4v) is 5.15. The van der Waals surface area contributed by atoms with Crippen molar-refractivity contribution >= 4 is 29.2 Å².